The number of anilines is 1. The molecule has 162 valence electrons. The van der Waals surface area contributed by atoms with Gasteiger partial charge in [0.2, 0.25) is 5.91 Å². The van der Waals surface area contributed by atoms with Crippen molar-refractivity contribution in [1.29, 1.82) is 0 Å². The van der Waals surface area contributed by atoms with Crippen LogP contribution in [0.5, 0.6) is 0 Å². The minimum Gasteiger partial charge on any atom is -0.383 e. The number of ketones is 1. The Labute approximate surface area is 182 Å². The first-order chi connectivity index (χ1) is 15.0. The lowest BCUT2D eigenvalue weighted by atomic mass is 9.71. The molecule has 2 amide bonds. The maximum absolute atomic E-state index is 13.7. The van der Waals surface area contributed by atoms with Crippen molar-refractivity contribution in [2.45, 2.75) is 44.1 Å². The summed E-state index contributed by atoms with van der Waals surface area (Å²) >= 11 is 0. The monoisotopic (exact) mass is 420 g/mol. The van der Waals surface area contributed by atoms with Crippen molar-refractivity contribution in [2.24, 2.45) is 0 Å². The fourth-order valence-corrected chi connectivity index (χ4v) is 5.18. The first-order valence-corrected chi connectivity index (χ1v) is 10.8. The molecule has 2 aromatic carbocycles. The number of hydrogen-bond donors (Lipinski definition) is 1. The molecular weight excluding hydrogens is 392 g/mol. The van der Waals surface area contributed by atoms with Crippen molar-refractivity contribution in [1.82, 2.24) is 4.90 Å². The molecule has 1 aliphatic carbocycles. The number of nitrogens with zero attached hydrogens (tertiary/aromatic N) is 1. The minimum absolute atomic E-state index is 0.0173. The van der Waals surface area contributed by atoms with E-state index in [0.717, 1.165) is 31.2 Å². The molecule has 1 unspecified atom stereocenters. The van der Waals surface area contributed by atoms with E-state index in [1.165, 1.54) is 6.92 Å². The Balaban J connectivity index is 1.73. The van der Waals surface area contributed by atoms with Gasteiger partial charge in [-0.3, -0.25) is 14.4 Å². The summed E-state index contributed by atoms with van der Waals surface area (Å²) in [5.74, 6) is -0.631. The van der Waals surface area contributed by atoms with Crippen LogP contribution in [0.3, 0.4) is 0 Å². The van der Waals surface area contributed by atoms with Crippen LogP contribution < -0.4 is 5.32 Å². The first kappa shape index (κ1) is 21.2. The van der Waals surface area contributed by atoms with Crippen molar-refractivity contribution >= 4 is 23.3 Å². The van der Waals surface area contributed by atoms with Gasteiger partial charge in [0, 0.05) is 30.5 Å². The predicted octanol–water partition coefficient (Wildman–Crippen LogP) is 4.03. The molecular formula is C25H28N2O4. The average Bonchev–Trinajstić information content (AvgIpc) is 3.24. The van der Waals surface area contributed by atoms with Gasteiger partial charge < -0.3 is 15.0 Å². The molecule has 0 saturated heterocycles. The average molecular weight is 421 g/mol. The Morgan fingerprint density at radius 1 is 1.10 bits per heavy atom. The molecule has 0 bridgehead atoms. The number of Topliss-reactive ketones (excluding diaryl/α,β-unsaturated/α-hetero) is 1. The molecule has 2 aliphatic rings. The van der Waals surface area contributed by atoms with Crippen molar-refractivity contribution < 1.29 is 19.1 Å². The number of ether oxygens (including phenoxy) is 1. The second-order valence-electron chi connectivity index (χ2n) is 8.40. The number of amides is 2. The van der Waals surface area contributed by atoms with E-state index in [1.807, 2.05) is 23.1 Å². The highest BCUT2D eigenvalue weighted by atomic mass is 16.5. The van der Waals surface area contributed by atoms with E-state index in [-0.39, 0.29) is 17.6 Å². The number of carbonyl (C=O) groups excluding carboxylic acids is 3. The lowest BCUT2D eigenvalue weighted by Crippen LogP contribution is -2.60. The molecule has 1 spiro atoms. The zero-order valence-electron chi connectivity index (χ0n) is 18.0. The molecule has 6 nitrogen and oxygen atoms in total. The summed E-state index contributed by atoms with van der Waals surface area (Å²) in [4.78, 5) is 40.5. The maximum Gasteiger partial charge on any atom is 0.254 e. The summed E-state index contributed by atoms with van der Waals surface area (Å²) < 4.78 is 5.28. The summed E-state index contributed by atoms with van der Waals surface area (Å²) in [6.07, 6.45) is 3.54. The summed E-state index contributed by atoms with van der Waals surface area (Å²) in [7, 11) is 1.62. The highest BCUT2D eigenvalue weighted by Crippen LogP contribution is 2.50. The van der Waals surface area contributed by atoms with Crippen molar-refractivity contribution in [3.63, 3.8) is 0 Å². The van der Waals surface area contributed by atoms with Crippen LogP contribution in [0.1, 0.15) is 64.8 Å². The Morgan fingerprint density at radius 2 is 1.77 bits per heavy atom. The summed E-state index contributed by atoms with van der Waals surface area (Å²) in [6.45, 7) is 2.40. The predicted molar refractivity (Wildman–Crippen MR) is 118 cm³/mol. The van der Waals surface area contributed by atoms with E-state index in [0.29, 0.717) is 30.0 Å². The minimum atomic E-state index is -0.548. The van der Waals surface area contributed by atoms with Crippen LogP contribution in [0, 0.1) is 0 Å². The normalized spacial score (nSPS) is 19.4. The molecule has 31 heavy (non-hydrogen) atoms. The molecule has 0 radical (unpaired) electrons. The third kappa shape index (κ3) is 3.76. The fraction of sp³-hybridized carbons (Fsp3) is 0.400. The summed E-state index contributed by atoms with van der Waals surface area (Å²) in [5, 5.41) is 3.04. The van der Waals surface area contributed by atoms with E-state index in [9.17, 15) is 14.4 Å². The first-order valence-electron chi connectivity index (χ1n) is 10.8. The van der Waals surface area contributed by atoms with Crippen molar-refractivity contribution in [3.8, 4) is 0 Å². The van der Waals surface area contributed by atoms with Crippen LogP contribution in [0.15, 0.2) is 48.5 Å². The molecule has 0 aromatic heterocycles. The van der Waals surface area contributed by atoms with Crippen LogP contribution in [-0.2, 0) is 9.53 Å². The summed E-state index contributed by atoms with van der Waals surface area (Å²) in [6, 6.07) is 14.4. The molecule has 1 atom stereocenters. The Bertz CT molecular complexity index is 993. The molecule has 1 N–H and O–H groups in total. The zero-order chi connectivity index (χ0) is 22.0. The third-order valence-electron chi connectivity index (χ3n) is 6.63. The molecule has 1 aliphatic heterocycles. The van der Waals surface area contributed by atoms with Gasteiger partial charge in [-0.2, -0.15) is 0 Å². The van der Waals surface area contributed by atoms with Gasteiger partial charge in [-0.05, 0) is 55.7 Å². The Kier molecular flexibility index (Phi) is 5.92. The highest BCUT2D eigenvalue weighted by Gasteiger charge is 2.55. The van der Waals surface area contributed by atoms with Crippen LogP contribution in [-0.4, -0.2) is 48.3 Å². The van der Waals surface area contributed by atoms with Gasteiger partial charge in [0.1, 0.15) is 0 Å². The fourth-order valence-electron chi connectivity index (χ4n) is 5.18. The quantitative estimate of drug-likeness (QED) is 0.716. The van der Waals surface area contributed by atoms with Gasteiger partial charge in [0.15, 0.2) is 5.78 Å². The van der Waals surface area contributed by atoms with E-state index in [4.69, 9.17) is 4.74 Å². The number of methoxy groups -OCH3 is 1. The lowest BCUT2D eigenvalue weighted by Gasteiger charge is -2.50. The van der Waals surface area contributed by atoms with E-state index in [2.05, 4.69) is 5.32 Å². The standard InChI is InChI=1S/C25H28N2O4/c1-17(28)18-9-11-19(12-10-18)26-23(29)22-20-7-3-4-8-21(20)24(30)27(15-16-31-2)25(22)13-5-6-14-25/h3-4,7-12,22H,5-6,13-16H2,1-2H3,(H,26,29). The third-order valence-corrected chi connectivity index (χ3v) is 6.63. The molecule has 4 rings (SSSR count). The topological polar surface area (TPSA) is 75.7 Å². The number of rotatable bonds is 6. The van der Waals surface area contributed by atoms with Gasteiger partial charge >= 0.3 is 0 Å². The smallest absolute Gasteiger partial charge is 0.254 e. The zero-order valence-corrected chi connectivity index (χ0v) is 18.0. The van der Waals surface area contributed by atoms with E-state index >= 15 is 0 Å². The highest BCUT2D eigenvalue weighted by molar-refractivity contribution is 6.05. The number of benzene rings is 2. The molecule has 1 fully saturated rings. The van der Waals surface area contributed by atoms with E-state index < -0.39 is 11.5 Å². The van der Waals surface area contributed by atoms with Crippen LogP contribution >= 0.6 is 0 Å². The van der Waals surface area contributed by atoms with Gasteiger partial charge in [0.25, 0.3) is 5.91 Å². The van der Waals surface area contributed by atoms with Gasteiger partial charge in [0.05, 0.1) is 18.1 Å². The molecule has 2 aromatic rings. The second kappa shape index (κ2) is 8.63. The second-order valence-corrected chi connectivity index (χ2v) is 8.40. The van der Waals surface area contributed by atoms with Gasteiger partial charge in [-0.15, -0.1) is 0 Å². The van der Waals surface area contributed by atoms with E-state index in [1.54, 1.807) is 37.4 Å². The van der Waals surface area contributed by atoms with Gasteiger partial charge in [-0.1, -0.05) is 31.0 Å². The number of nitrogens with one attached hydrogen (secondary N) is 1. The number of carbonyl (C=O) groups is 3. The Hall–Kier alpha value is -2.99. The number of hydrogen-bond acceptors (Lipinski definition) is 4. The lowest BCUT2D eigenvalue weighted by molar-refractivity contribution is -0.121. The number of fused-ring (bicyclic) bond motifs is 1. The molecule has 6 heteroatoms. The molecule has 1 heterocycles. The maximum atomic E-state index is 13.7. The van der Waals surface area contributed by atoms with Crippen molar-refractivity contribution in [2.75, 3.05) is 25.6 Å². The molecule has 1 saturated carbocycles. The Morgan fingerprint density at radius 3 is 2.42 bits per heavy atom. The van der Waals surface area contributed by atoms with Crippen LogP contribution in [0.2, 0.25) is 0 Å². The largest absolute Gasteiger partial charge is 0.383 e. The van der Waals surface area contributed by atoms with Gasteiger partial charge in [-0.25, -0.2) is 0 Å². The van der Waals surface area contributed by atoms with Crippen LogP contribution in [0.4, 0.5) is 5.69 Å². The van der Waals surface area contributed by atoms with Crippen molar-refractivity contribution in [3.05, 3.63) is 65.2 Å². The summed E-state index contributed by atoms with van der Waals surface area (Å²) in [5.41, 5.74) is 2.07. The SMILES string of the molecule is COCCN1C(=O)c2ccccc2C(C(=O)Nc2ccc(C(C)=O)cc2)C12CCCC2. The van der Waals surface area contributed by atoms with Crippen LogP contribution in [0.25, 0.3) is 0 Å².